The molecule has 0 radical (unpaired) electrons. The van der Waals surface area contributed by atoms with Crippen LogP contribution in [-0.2, 0) is 20.2 Å². The van der Waals surface area contributed by atoms with E-state index in [0.717, 1.165) is 0 Å². The van der Waals surface area contributed by atoms with E-state index in [4.69, 9.17) is 14.2 Å². The zero-order chi connectivity index (χ0) is 11.6. The van der Waals surface area contributed by atoms with Crippen molar-refractivity contribution in [2.45, 2.75) is 19.8 Å². The van der Waals surface area contributed by atoms with E-state index in [9.17, 15) is 4.79 Å². The summed E-state index contributed by atoms with van der Waals surface area (Å²) in [4.78, 5) is 11.6. The van der Waals surface area contributed by atoms with Crippen LogP contribution in [0.25, 0.3) is 0 Å². The van der Waals surface area contributed by atoms with E-state index in [1.54, 1.807) is 18.2 Å². The minimum absolute atomic E-state index is 0.404. The van der Waals surface area contributed by atoms with Gasteiger partial charge in [-0.05, 0) is 26.0 Å². The number of ether oxygens (including phenoxy) is 3. The molecule has 0 saturated heterocycles. The van der Waals surface area contributed by atoms with E-state index in [2.05, 4.69) is 0 Å². The predicted octanol–water partition coefficient (Wildman–Crippen LogP) is 2.04. The summed E-state index contributed by atoms with van der Waals surface area (Å²) in [5, 5.41) is 0. The lowest BCUT2D eigenvalue weighted by Gasteiger charge is -2.27. The Morgan fingerprint density at radius 3 is 2.44 bits per heavy atom. The maximum Gasteiger partial charge on any atom is 0.359 e. The van der Waals surface area contributed by atoms with Crippen molar-refractivity contribution in [3.05, 3.63) is 35.4 Å². The number of rotatable bonds is 4. The zero-order valence-corrected chi connectivity index (χ0v) is 9.36. The van der Waals surface area contributed by atoms with Crippen LogP contribution in [0.2, 0.25) is 0 Å². The number of hydrogen-bond acceptors (Lipinski definition) is 4. The lowest BCUT2D eigenvalue weighted by atomic mass is 10.1. The van der Waals surface area contributed by atoms with Gasteiger partial charge in [-0.25, -0.2) is 4.79 Å². The summed E-state index contributed by atoms with van der Waals surface area (Å²) in [5.41, 5.74) is 1.15. The molecule has 0 fully saturated rings. The van der Waals surface area contributed by atoms with Gasteiger partial charge in [-0.2, -0.15) is 0 Å². The van der Waals surface area contributed by atoms with Gasteiger partial charge in [0.25, 0.3) is 0 Å². The standard InChI is InChI=1S/C12H14O4/c1-3-14-12(15-4-2)10-8-6-5-7-9(10)11(13)16-12/h5-8H,3-4H2,1-2H3. The number of carbonyl (C=O) groups is 1. The minimum atomic E-state index is -1.35. The molecule has 0 bridgehead atoms. The van der Waals surface area contributed by atoms with E-state index in [1.165, 1.54) is 0 Å². The van der Waals surface area contributed by atoms with Crippen LogP contribution in [0.3, 0.4) is 0 Å². The van der Waals surface area contributed by atoms with Crippen LogP contribution in [0.4, 0.5) is 0 Å². The van der Waals surface area contributed by atoms with Crippen LogP contribution >= 0.6 is 0 Å². The number of esters is 1. The number of benzene rings is 1. The molecule has 0 atom stereocenters. The molecular formula is C12H14O4. The number of fused-ring (bicyclic) bond motifs is 1. The van der Waals surface area contributed by atoms with Crippen molar-refractivity contribution >= 4 is 5.97 Å². The molecule has 0 amide bonds. The van der Waals surface area contributed by atoms with Crippen molar-refractivity contribution in [1.82, 2.24) is 0 Å². The first-order valence-corrected chi connectivity index (χ1v) is 5.34. The molecule has 0 aromatic heterocycles. The van der Waals surface area contributed by atoms with Gasteiger partial charge in [0.15, 0.2) is 0 Å². The lowest BCUT2D eigenvalue weighted by Crippen LogP contribution is -2.33. The highest BCUT2D eigenvalue weighted by atomic mass is 16.9. The Balaban J connectivity index is 2.45. The molecule has 1 aromatic carbocycles. The molecule has 2 rings (SSSR count). The molecule has 4 heteroatoms. The molecule has 0 unspecified atom stereocenters. The second kappa shape index (κ2) is 4.23. The fourth-order valence-electron chi connectivity index (χ4n) is 1.80. The van der Waals surface area contributed by atoms with Crippen molar-refractivity contribution in [2.75, 3.05) is 13.2 Å². The normalized spacial score (nSPS) is 17.0. The molecule has 0 spiro atoms. The van der Waals surface area contributed by atoms with Crippen molar-refractivity contribution in [3.63, 3.8) is 0 Å². The number of hydrogen-bond donors (Lipinski definition) is 0. The van der Waals surface area contributed by atoms with E-state index in [-0.39, 0.29) is 0 Å². The van der Waals surface area contributed by atoms with Crippen LogP contribution in [-0.4, -0.2) is 19.2 Å². The summed E-state index contributed by atoms with van der Waals surface area (Å²) in [6.45, 7) is 4.47. The van der Waals surface area contributed by atoms with Gasteiger partial charge in [-0.15, -0.1) is 0 Å². The molecule has 0 saturated carbocycles. The molecule has 16 heavy (non-hydrogen) atoms. The topological polar surface area (TPSA) is 44.8 Å². The summed E-state index contributed by atoms with van der Waals surface area (Å²) in [6, 6.07) is 7.10. The van der Waals surface area contributed by atoms with Gasteiger partial charge < -0.3 is 14.2 Å². The van der Waals surface area contributed by atoms with E-state index >= 15 is 0 Å². The first-order chi connectivity index (χ1) is 7.73. The molecule has 1 aliphatic heterocycles. The summed E-state index contributed by atoms with van der Waals surface area (Å²) >= 11 is 0. The van der Waals surface area contributed by atoms with Crippen LogP contribution < -0.4 is 0 Å². The van der Waals surface area contributed by atoms with Gasteiger partial charge in [0, 0.05) is 0 Å². The maximum absolute atomic E-state index is 11.6. The fourth-order valence-corrected chi connectivity index (χ4v) is 1.80. The summed E-state index contributed by atoms with van der Waals surface area (Å²) < 4.78 is 16.1. The molecule has 0 N–H and O–H groups in total. The van der Waals surface area contributed by atoms with Gasteiger partial charge in [-0.3, -0.25) is 0 Å². The Labute approximate surface area is 94.1 Å². The van der Waals surface area contributed by atoms with Crippen LogP contribution in [0, 0.1) is 0 Å². The molecule has 1 aliphatic rings. The Morgan fingerprint density at radius 2 is 1.81 bits per heavy atom. The van der Waals surface area contributed by atoms with Crippen molar-refractivity contribution in [2.24, 2.45) is 0 Å². The average Bonchev–Trinajstić information content (AvgIpc) is 2.55. The van der Waals surface area contributed by atoms with Gasteiger partial charge in [0.2, 0.25) is 0 Å². The zero-order valence-electron chi connectivity index (χ0n) is 9.36. The molecule has 86 valence electrons. The number of carbonyl (C=O) groups excluding carboxylic acids is 1. The van der Waals surface area contributed by atoms with Crippen LogP contribution in [0.1, 0.15) is 29.8 Å². The lowest BCUT2D eigenvalue weighted by molar-refractivity contribution is -0.358. The van der Waals surface area contributed by atoms with E-state index in [0.29, 0.717) is 24.3 Å². The molecule has 1 heterocycles. The average molecular weight is 222 g/mol. The second-order valence-electron chi connectivity index (χ2n) is 3.36. The van der Waals surface area contributed by atoms with Gasteiger partial charge in [0.1, 0.15) is 0 Å². The highest BCUT2D eigenvalue weighted by molar-refractivity contribution is 5.94. The summed E-state index contributed by atoms with van der Waals surface area (Å²) in [5.74, 6) is -1.76. The third kappa shape index (κ3) is 1.60. The highest BCUT2D eigenvalue weighted by Crippen LogP contribution is 2.38. The Morgan fingerprint density at radius 1 is 1.19 bits per heavy atom. The van der Waals surface area contributed by atoms with Crippen molar-refractivity contribution in [1.29, 1.82) is 0 Å². The quantitative estimate of drug-likeness (QED) is 0.577. The highest BCUT2D eigenvalue weighted by Gasteiger charge is 2.47. The van der Waals surface area contributed by atoms with Gasteiger partial charge in [-0.1, -0.05) is 12.1 Å². The minimum Gasteiger partial charge on any atom is -0.400 e. The molecule has 4 nitrogen and oxygen atoms in total. The monoisotopic (exact) mass is 222 g/mol. The van der Waals surface area contributed by atoms with E-state index < -0.39 is 11.9 Å². The van der Waals surface area contributed by atoms with E-state index in [1.807, 2.05) is 19.9 Å². The van der Waals surface area contributed by atoms with Gasteiger partial charge in [0.05, 0.1) is 24.3 Å². The summed E-state index contributed by atoms with van der Waals surface area (Å²) in [7, 11) is 0. The molecular weight excluding hydrogens is 208 g/mol. The van der Waals surface area contributed by atoms with Crippen molar-refractivity contribution in [3.8, 4) is 0 Å². The largest absolute Gasteiger partial charge is 0.400 e. The Hall–Kier alpha value is -1.39. The Bertz CT molecular complexity index is 394. The first kappa shape index (κ1) is 11.1. The number of cyclic esters (lactones) is 1. The third-order valence-corrected chi connectivity index (χ3v) is 2.37. The van der Waals surface area contributed by atoms with Crippen molar-refractivity contribution < 1.29 is 19.0 Å². The van der Waals surface area contributed by atoms with Crippen LogP contribution in [0.5, 0.6) is 0 Å². The predicted molar refractivity (Wildman–Crippen MR) is 56.8 cm³/mol. The van der Waals surface area contributed by atoms with Crippen LogP contribution in [0.15, 0.2) is 24.3 Å². The summed E-state index contributed by atoms with van der Waals surface area (Å²) in [6.07, 6.45) is 0. The Kier molecular flexibility index (Phi) is 2.94. The SMILES string of the molecule is CCOC1(OCC)OC(=O)c2ccccc21. The van der Waals surface area contributed by atoms with Gasteiger partial charge >= 0.3 is 11.9 Å². The fraction of sp³-hybridized carbons (Fsp3) is 0.417. The maximum atomic E-state index is 11.6. The smallest absolute Gasteiger partial charge is 0.359 e. The second-order valence-corrected chi connectivity index (χ2v) is 3.36. The molecule has 1 aromatic rings. The first-order valence-electron chi connectivity index (χ1n) is 5.34. The molecule has 0 aliphatic carbocycles. The third-order valence-electron chi connectivity index (χ3n) is 2.37.